The normalized spacial score (nSPS) is 14.3. The molecule has 0 heterocycles. The Morgan fingerprint density at radius 1 is 1.12 bits per heavy atom. The van der Waals surface area contributed by atoms with Gasteiger partial charge in [-0.2, -0.15) is 0 Å². The largest absolute Gasteiger partial charge is 0.507 e. The van der Waals surface area contributed by atoms with E-state index in [0.717, 1.165) is 67.2 Å². The lowest BCUT2D eigenvalue weighted by Gasteiger charge is -2.32. The first kappa shape index (κ1) is 24.9. The molecule has 33 heavy (non-hydrogen) atoms. The van der Waals surface area contributed by atoms with Crippen LogP contribution < -0.4 is 0 Å². The summed E-state index contributed by atoms with van der Waals surface area (Å²) in [5, 5.41) is 22.6. The molecule has 1 saturated carbocycles. The summed E-state index contributed by atoms with van der Waals surface area (Å²) in [4.78, 5) is 15.6. The molecule has 0 saturated heterocycles. The van der Waals surface area contributed by atoms with E-state index in [1.165, 1.54) is 6.42 Å². The van der Waals surface area contributed by atoms with E-state index in [4.69, 9.17) is 0 Å². The first-order chi connectivity index (χ1) is 15.8. The van der Waals surface area contributed by atoms with Crippen LogP contribution in [0.15, 0.2) is 30.8 Å². The smallest absolute Gasteiger partial charge is 0.257 e. The molecular weight excluding hydrogens is 410 g/mol. The number of allylic oxidation sites excluding steroid dienone is 1. The minimum atomic E-state index is -0.156. The van der Waals surface area contributed by atoms with Crippen molar-refractivity contribution in [1.82, 2.24) is 4.90 Å². The minimum absolute atomic E-state index is 0.00367. The Hall–Kier alpha value is -2.75. The van der Waals surface area contributed by atoms with E-state index in [-0.39, 0.29) is 23.4 Å². The maximum absolute atomic E-state index is 13.8. The van der Waals surface area contributed by atoms with Gasteiger partial charge in [-0.05, 0) is 62.3 Å². The monoisotopic (exact) mass is 449 g/mol. The summed E-state index contributed by atoms with van der Waals surface area (Å²) in [6, 6.07) is 7.77. The van der Waals surface area contributed by atoms with Gasteiger partial charge in [-0.3, -0.25) is 4.79 Å². The summed E-state index contributed by atoms with van der Waals surface area (Å²) >= 11 is 0. The number of carbonyl (C=O) groups excluding carboxylic acids is 1. The zero-order chi connectivity index (χ0) is 24.1. The number of unbranched alkanes of at least 4 members (excludes halogenated alkanes) is 2. The highest BCUT2D eigenvalue weighted by molar-refractivity contribution is 6.02. The number of benzene rings is 2. The fraction of sp³-hybridized carbons (Fsp3) is 0.483. The molecule has 0 atom stereocenters. The Kier molecular flexibility index (Phi) is 8.23. The van der Waals surface area contributed by atoms with Crippen LogP contribution in [0.2, 0.25) is 0 Å². The van der Waals surface area contributed by atoms with Gasteiger partial charge in [0.1, 0.15) is 11.5 Å². The van der Waals surface area contributed by atoms with Crippen LogP contribution >= 0.6 is 0 Å². The molecule has 0 radical (unpaired) electrons. The van der Waals surface area contributed by atoms with Crippen molar-refractivity contribution in [3.8, 4) is 22.6 Å². The zero-order valence-corrected chi connectivity index (χ0v) is 20.7. The molecule has 0 spiro atoms. The van der Waals surface area contributed by atoms with Crippen LogP contribution in [0, 0.1) is 6.92 Å². The fourth-order valence-corrected chi connectivity index (χ4v) is 5.02. The highest BCUT2D eigenvalue weighted by atomic mass is 16.3. The summed E-state index contributed by atoms with van der Waals surface area (Å²) < 4.78 is 0. The average Bonchev–Trinajstić information content (AvgIpc) is 2.78. The van der Waals surface area contributed by atoms with Crippen molar-refractivity contribution in [2.75, 3.05) is 7.05 Å². The third kappa shape index (κ3) is 5.43. The SMILES string of the molecule is C=C(C)c1ccc(C)cc1-c1c(O)cc(CCCCC)c(C(=O)N(C)C2CCCCC2)c1O. The molecule has 0 unspecified atom stereocenters. The number of phenolic OH excluding ortho intramolecular Hbond substituents is 2. The third-order valence-electron chi connectivity index (χ3n) is 6.97. The number of nitrogens with zero attached hydrogens (tertiary/aromatic N) is 1. The molecular formula is C29H39NO3. The van der Waals surface area contributed by atoms with Gasteiger partial charge in [-0.25, -0.2) is 0 Å². The van der Waals surface area contributed by atoms with Gasteiger partial charge in [0.15, 0.2) is 0 Å². The third-order valence-corrected chi connectivity index (χ3v) is 6.97. The molecule has 1 fully saturated rings. The van der Waals surface area contributed by atoms with Gasteiger partial charge in [-0.1, -0.05) is 74.9 Å². The summed E-state index contributed by atoms with van der Waals surface area (Å²) in [7, 11) is 1.85. The second-order valence-corrected chi connectivity index (χ2v) is 9.65. The number of hydrogen-bond donors (Lipinski definition) is 2. The van der Waals surface area contributed by atoms with Gasteiger partial charge in [-0.15, -0.1) is 0 Å². The Labute approximate surface area is 199 Å². The standard InChI is InChI=1S/C29H39NO3/c1-6-7-9-12-21-18-25(31)27(24-17-20(4)15-16-23(24)19(2)3)28(32)26(21)29(33)30(5)22-13-10-8-11-14-22/h15-18,22,31-32H,2,6-14H2,1,3-5H3. The Morgan fingerprint density at radius 2 is 1.82 bits per heavy atom. The van der Waals surface area contributed by atoms with Crippen molar-refractivity contribution in [2.24, 2.45) is 0 Å². The van der Waals surface area contributed by atoms with E-state index in [1.54, 1.807) is 6.07 Å². The van der Waals surface area contributed by atoms with E-state index in [2.05, 4.69) is 13.5 Å². The highest BCUT2D eigenvalue weighted by Crippen LogP contribution is 2.45. The number of amides is 1. The predicted molar refractivity (Wildman–Crippen MR) is 137 cm³/mol. The van der Waals surface area contributed by atoms with Crippen LogP contribution in [-0.4, -0.2) is 34.1 Å². The highest BCUT2D eigenvalue weighted by Gasteiger charge is 2.30. The quantitative estimate of drug-likeness (QED) is 0.417. The molecule has 4 nitrogen and oxygen atoms in total. The molecule has 1 aliphatic carbocycles. The molecule has 1 aliphatic rings. The number of hydrogen-bond acceptors (Lipinski definition) is 3. The molecule has 0 aliphatic heterocycles. The summed E-state index contributed by atoms with van der Waals surface area (Å²) in [5.74, 6) is -0.275. The average molecular weight is 450 g/mol. The van der Waals surface area contributed by atoms with E-state index >= 15 is 0 Å². The van der Waals surface area contributed by atoms with Crippen molar-refractivity contribution >= 4 is 11.5 Å². The van der Waals surface area contributed by atoms with Gasteiger partial charge in [0.2, 0.25) is 0 Å². The Bertz CT molecular complexity index is 1020. The van der Waals surface area contributed by atoms with Crippen molar-refractivity contribution in [2.45, 2.75) is 84.6 Å². The van der Waals surface area contributed by atoms with Crippen LogP contribution in [0.1, 0.15) is 92.3 Å². The maximum Gasteiger partial charge on any atom is 0.257 e. The van der Waals surface area contributed by atoms with Crippen molar-refractivity contribution < 1.29 is 15.0 Å². The number of aryl methyl sites for hydroxylation is 2. The van der Waals surface area contributed by atoms with Crippen LogP contribution in [0.3, 0.4) is 0 Å². The van der Waals surface area contributed by atoms with Gasteiger partial charge in [0.25, 0.3) is 5.91 Å². The summed E-state index contributed by atoms with van der Waals surface area (Å²) in [5.41, 5.74) is 4.77. The molecule has 3 rings (SSSR count). The Balaban J connectivity index is 2.17. The molecule has 2 N–H and O–H groups in total. The van der Waals surface area contributed by atoms with Crippen LogP contribution in [0.4, 0.5) is 0 Å². The molecule has 0 bridgehead atoms. The Morgan fingerprint density at radius 3 is 2.45 bits per heavy atom. The number of rotatable bonds is 8. The topological polar surface area (TPSA) is 60.8 Å². The van der Waals surface area contributed by atoms with Gasteiger partial charge in [0, 0.05) is 13.1 Å². The summed E-state index contributed by atoms with van der Waals surface area (Å²) in [6.45, 7) is 10.1. The lowest BCUT2D eigenvalue weighted by molar-refractivity contribution is 0.0692. The molecule has 0 aromatic heterocycles. The zero-order valence-electron chi connectivity index (χ0n) is 20.7. The first-order valence-corrected chi connectivity index (χ1v) is 12.4. The number of phenols is 2. The van der Waals surface area contributed by atoms with Crippen molar-refractivity contribution in [1.29, 1.82) is 0 Å². The van der Waals surface area contributed by atoms with Crippen molar-refractivity contribution in [3.05, 3.63) is 53.1 Å². The fourth-order valence-electron chi connectivity index (χ4n) is 5.02. The molecule has 1 amide bonds. The summed E-state index contributed by atoms with van der Waals surface area (Å²) in [6.07, 6.45) is 9.12. The molecule has 178 valence electrons. The number of carbonyl (C=O) groups is 1. The lowest BCUT2D eigenvalue weighted by Crippen LogP contribution is -2.38. The van der Waals surface area contributed by atoms with Crippen molar-refractivity contribution in [3.63, 3.8) is 0 Å². The second kappa shape index (κ2) is 10.9. The molecule has 2 aromatic rings. The maximum atomic E-state index is 13.8. The minimum Gasteiger partial charge on any atom is -0.507 e. The van der Waals surface area contributed by atoms with E-state index in [1.807, 2.05) is 44.0 Å². The number of aromatic hydroxyl groups is 2. The second-order valence-electron chi connectivity index (χ2n) is 9.65. The molecule has 2 aromatic carbocycles. The van der Waals surface area contributed by atoms with Gasteiger partial charge >= 0.3 is 0 Å². The first-order valence-electron chi connectivity index (χ1n) is 12.4. The lowest BCUT2D eigenvalue weighted by atomic mass is 9.88. The molecule has 4 heteroatoms. The van der Waals surface area contributed by atoms with Gasteiger partial charge < -0.3 is 15.1 Å². The van der Waals surface area contributed by atoms with E-state index in [9.17, 15) is 15.0 Å². The van der Waals surface area contributed by atoms with Crippen LogP contribution in [0.5, 0.6) is 11.5 Å². The van der Waals surface area contributed by atoms with Gasteiger partial charge in [0.05, 0.1) is 11.1 Å². The van der Waals surface area contributed by atoms with E-state index in [0.29, 0.717) is 23.1 Å². The predicted octanol–water partition coefficient (Wildman–Crippen LogP) is 7.24. The van der Waals surface area contributed by atoms with Crippen LogP contribution in [0.25, 0.3) is 16.7 Å². The van der Waals surface area contributed by atoms with E-state index < -0.39 is 0 Å². The van der Waals surface area contributed by atoms with Crippen LogP contribution in [-0.2, 0) is 6.42 Å².